The zero-order valence-corrected chi connectivity index (χ0v) is 10.1. The summed E-state index contributed by atoms with van der Waals surface area (Å²) in [6.45, 7) is 0.685. The molecule has 106 valence electrons. The summed E-state index contributed by atoms with van der Waals surface area (Å²) in [5.74, 6) is -1.71. The van der Waals surface area contributed by atoms with Crippen molar-refractivity contribution in [3.63, 3.8) is 0 Å². The standard InChI is InChI=1S/C10H11F3N2O4/c1-5-8(6(2)19-15-5)9(17)18-3-7(16)14-4-10(11,12)13/h3-4H2,1-2H3,(H,14,16). The molecule has 9 heteroatoms. The summed E-state index contributed by atoms with van der Waals surface area (Å²) in [5.41, 5.74) is 0.335. The van der Waals surface area contributed by atoms with Gasteiger partial charge < -0.3 is 14.6 Å². The number of amides is 1. The lowest BCUT2D eigenvalue weighted by molar-refractivity contribution is -0.140. The van der Waals surface area contributed by atoms with E-state index in [0.717, 1.165) is 0 Å². The molecular formula is C10H11F3N2O4. The van der Waals surface area contributed by atoms with E-state index in [-0.39, 0.29) is 17.0 Å². The van der Waals surface area contributed by atoms with E-state index in [0.29, 0.717) is 0 Å². The fourth-order valence-corrected chi connectivity index (χ4v) is 1.23. The Kier molecular flexibility index (Phi) is 4.52. The highest BCUT2D eigenvalue weighted by molar-refractivity contribution is 5.93. The summed E-state index contributed by atoms with van der Waals surface area (Å²) in [5, 5.41) is 5.08. The van der Waals surface area contributed by atoms with Gasteiger partial charge in [0.15, 0.2) is 6.61 Å². The molecular weight excluding hydrogens is 269 g/mol. The molecule has 0 unspecified atom stereocenters. The van der Waals surface area contributed by atoms with Crippen LogP contribution in [0.2, 0.25) is 0 Å². The van der Waals surface area contributed by atoms with Gasteiger partial charge in [-0.25, -0.2) is 4.79 Å². The predicted molar refractivity (Wildman–Crippen MR) is 55.3 cm³/mol. The Bertz CT molecular complexity index is 462. The van der Waals surface area contributed by atoms with Gasteiger partial charge in [-0.1, -0.05) is 5.16 Å². The second kappa shape index (κ2) is 5.72. The average Bonchev–Trinajstić information content (AvgIpc) is 2.62. The normalized spacial score (nSPS) is 11.2. The zero-order valence-electron chi connectivity index (χ0n) is 10.1. The van der Waals surface area contributed by atoms with Crippen LogP contribution in [0, 0.1) is 13.8 Å². The van der Waals surface area contributed by atoms with Gasteiger partial charge in [-0.15, -0.1) is 0 Å². The number of halogens is 3. The summed E-state index contributed by atoms with van der Waals surface area (Å²) in [4.78, 5) is 22.5. The highest BCUT2D eigenvalue weighted by Gasteiger charge is 2.28. The van der Waals surface area contributed by atoms with Gasteiger partial charge >= 0.3 is 12.1 Å². The zero-order chi connectivity index (χ0) is 14.6. The van der Waals surface area contributed by atoms with Crippen LogP contribution < -0.4 is 5.32 Å². The van der Waals surface area contributed by atoms with Crippen LogP contribution in [0.3, 0.4) is 0 Å². The van der Waals surface area contributed by atoms with Gasteiger partial charge in [-0.05, 0) is 13.8 Å². The summed E-state index contributed by atoms with van der Waals surface area (Å²) < 4.78 is 44.7. The number of carbonyl (C=O) groups is 2. The number of hydrogen-bond donors (Lipinski definition) is 1. The Balaban J connectivity index is 2.45. The number of esters is 1. The van der Waals surface area contributed by atoms with Crippen molar-refractivity contribution in [3.8, 4) is 0 Å². The number of rotatable bonds is 4. The van der Waals surface area contributed by atoms with Crippen LogP contribution >= 0.6 is 0 Å². The number of nitrogens with zero attached hydrogens (tertiary/aromatic N) is 1. The first-order valence-corrected chi connectivity index (χ1v) is 5.14. The van der Waals surface area contributed by atoms with Crippen molar-refractivity contribution in [2.24, 2.45) is 0 Å². The molecule has 1 N–H and O–H groups in total. The van der Waals surface area contributed by atoms with Crippen molar-refractivity contribution in [2.45, 2.75) is 20.0 Å². The Labute approximate surface area is 105 Å². The molecule has 1 aromatic rings. The molecule has 1 amide bonds. The summed E-state index contributed by atoms with van der Waals surface area (Å²) in [6.07, 6.45) is -4.51. The number of aromatic nitrogens is 1. The van der Waals surface area contributed by atoms with Gasteiger partial charge in [-0.3, -0.25) is 4.79 Å². The van der Waals surface area contributed by atoms with Gasteiger partial charge in [0.25, 0.3) is 5.91 Å². The Morgan fingerprint density at radius 1 is 1.37 bits per heavy atom. The van der Waals surface area contributed by atoms with Gasteiger partial charge in [0.05, 0.1) is 5.69 Å². The van der Waals surface area contributed by atoms with Gasteiger partial charge in [0.2, 0.25) is 0 Å². The number of alkyl halides is 3. The molecule has 1 aromatic heterocycles. The minimum Gasteiger partial charge on any atom is -0.452 e. The molecule has 1 rings (SSSR count). The molecule has 0 saturated heterocycles. The monoisotopic (exact) mass is 280 g/mol. The van der Waals surface area contributed by atoms with E-state index in [1.54, 1.807) is 5.32 Å². The highest BCUT2D eigenvalue weighted by Crippen LogP contribution is 2.14. The van der Waals surface area contributed by atoms with Crippen molar-refractivity contribution in [2.75, 3.05) is 13.2 Å². The molecule has 0 aliphatic heterocycles. The lowest BCUT2D eigenvalue weighted by Crippen LogP contribution is -2.36. The van der Waals surface area contributed by atoms with E-state index < -0.39 is 31.2 Å². The van der Waals surface area contributed by atoms with Crippen LogP contribution in [0.25, 0.3) is 0 Å². The first-order valence-electron chi connectivity index (χ1n) is 5.14. The number of carbonyl (C=O) groups excluding carboxylic acids is 2. The quantitative estimate of drug-likeness (QED) is 0.836. The van der Waals surface area contributed by atoms with E-state index in [4.69, 9.17) is 4.52 Å². The molecule has 0 aliphatic rings. The molecule has 6 nitrogen and oxygen atoms in total. The summed E-state index contributed by atoms with van der Waals surface area (Å²) in [7, 11) is 0. The number of hydrogen-bond acceptors (Lipinski definition) is 5. The lowest BCUT2D eigenvalue weighted by atomic mass is 10.2. The van der Waals surface area contributed by atoms with Crippen molar-refractivity contribution < 1.29 is 32.0 Å². The van der Waals surface area contributed by atoms with E-state index in [1.807, 2.05) is 0 Å². The maximum Gasteiger partial charge on any atom is 0.405 e. The molecule has 0 spiro atoms. The van der Waals surface area contributed by atoms with E-state index in [9.17, 15) is 22.8 Å². The minimum absolute atomic E-state index is 0.0589. The van der Waals surface area contributed by atoms with Crippen LogP contribution in [0.1, 0.15) is 21.8 Å². The molecule has 0 fully saturated rings. The van der Waals surface area contributed by atoms with E-state index in [1.165, 1.54) is 13.8 Å². The maximum atomic E-state index is 11.8. The Hall–Kier alpha value is -2.06. The van der Waals surface area contributed by atoms with E-state index in [2.05, 4.69) is 9.89 Å². The van der Waals surface area contributed by atoms with Crippen molar-refractivity contribution in [1.29, 1.82) is 0 Å². The highest BCUT2D eigenvalue weighted by atomic mass is 19.4. The van der Waals surface area contributed by atoms with Gasteiger partial charge in [0, 0.05) is 0 Å². The molecule has 0 radical (unpaired) electrons. The second-order valence-corrected chi connectivity index (χ2v) is 3.67. The van der Waals surface area contributed by atoms with Crippen LogP contribution in [0.15, 0.2) is 4.52 Å². The summed E-state index contributed by atoms with van der Waals surface area (Å²) in [6, 6.07) is 0. The SMILES string of the molecule is Cc1noc(C)c1C(=O)OCC(=O)NCC(F)(F)F. The van der Waals surface area contributed by atoms with Crippen molar-refractivity contribution >= 4 is 11.9 Å². The third-order valence-electron chi connectivity index (χ3n) is 2.06. The minimum atomic E-state index is -4.51. The second-order valence-electron chi connectivity index (χ2n) is 3.67. The van der Waals surface area contributed by atoms with E-state index >= 15 is 0 Å². The summed E-state index contributed by atoms with van der Waals surface area (Å²) >= 11 is 0. The molecule has 0 bridgehead atoms. The Morgan fingerprint density at radius 3 is 2.47 bits per heavy atom. The number of nitrogens with one attached hydrogen (secondary N) is 1. The molecule has 0 aliphatic carbocycles. The average molecular weight is 280 g/mol. The first kappa shape index (κ1) is 15.0. The topological polar surface area (TPSA) is 81.4 Å². The van der Waals surface area contributed by atoms with Gasteiger partial charge in [0.1, 0.15) is 17.9 Å². The predicted octanol–water partition coefficient (Wildman–Crippen LogP) is 1.13. The molecule has 19 heavy (non-hydrogen) atoms. The molecule has 1 heterocycles. The third-order valence-corrected chi connectivity index (χ3v) is 2.06. The smallest absolute Gasteiger partial charge is 0.405 e. The van der Waals surface area contributed by atoms with Crippen molar-refractivity contribution in [3.05, 3.63) is 17.0 Å². The molecule has 0 aromatic carbocycles. The van der Waals surface area contributed by atoms with Crippen LogP contribution in [0.4, 0.5) is 13.2 Å². The van der Waals surface area contributed by atoms with Crippen molar-refractivity contribution in [1.82, 2.24) is 10.5 Å². The van der Waals surface area contributed by atoms with Crippen LogP contribution in [0.5, 0.6) is 0 Å². The van der Waals surface area contributed by atoms with Crippen LogP contribution in [-0.4, -0.2) is 36.4 Å². The maximum absolute atomic E-state index is 11.8. The molecule has 0 saturated carbocycles. The van der Waals surface area contributed by atoms with Crippen LogP contribution in [-0.2, 0) is 9.53 Å². The fraction of sp³-hybridized carbons (Fsp3) is 0.500. The largest absolute Gasteiger partial charge is 0.452 e. The Morgan fingerprint density at radius 2 is 2.00 bits per heavy atom. The van der Waals surface area contributed by atoms with Gasteiger partial charge in [-0.2, -0.15) is 13.2 Å². The molecule has 0 atom stereocenters. The third kappa shape index (κ3) is 4.60. The first-order chi connectivity index (χ1) is 8.70. The lowest BCUT2D eigenvalue weighted by Gasteiger charge is -2.08. The fourth-order valence-electron chi connectivity index (χ4n) is 1.23. The number of ether oxygens (including phenoxy) is 1. The number of aryl methyl sites for hydroxylation is 2.